The number of piperazine rings is 1. The highest BCUT2D eigenvalue weighted by Gasteiger charge is 2.21. The normalized spacial score (nSPS) is 17.7. The van der Waals surface area contributed by atoms with Crippen LogP contribution in [-0.2, 0) is 0 Å². The molecule has 0 saturated carbocycles. The molecule has 1 aliphatic heterocycles. The largest absolute Gasteiger partial charge is 0.366 e. The quantitative estimate of drug-likeness (QED) is 0.694. The van der Waals surface area contributed by atoms with E-state index in [2.05, 4.69) is 72.4 Å². The number of fused-ring (bicyclic) bond motifs is 1. The number of aryl methyl sites for hydroxylation is 2. The smallest absolute Gasteiger partial charge is 0.0730 e. The fourth-order valence-corrected chi connectivity index (χ4v) is 4.29. The third kappa shape index (κ3) is 2.95. The Morgan fingerprint density at radius 2 is 1.92 bits per heavy atom. The van der Waals surface area contributed by atoms with E-state index in [-0.39, 0.29) is 0 Å². The molecule has 2 heterocycles. The summed E-state index contributed by atoms with van der Waals surface area (Å²) in [5, 5.41) is 5.36. The summed E-state index contributed by atoms with van der Waals surface area (Å²) < 4.78 is 0. The van der Waals surface area contributed by atoms with Crippen molar-refractivity contribution in [2.24, 2.45) is 0 Å². The van der Waals surface area contributed by atoms with Gasteiger partial charge >= 0.3 is 0 Å². The molecule has 1 atom stereocenters. The van der Waals surface area contributed by atoms with E-state index in [1.165, 1.54) is 22.4 Å². The average Bonchev–Trinajstić information content (AvgIpc) is 2.62. The van der Waals surface area contributed by atoms with Crippen LogP contribution in [0.3, 0.4) is 0 Å². The van der Waals surface area contributed by atoms with Crippen molar-refractivity contribution in [2.45, 2.75) is 26.8 Å². The third-order valence-corrected chi connectivity index (χ3v) is 5.68. The van der Waals surface area contributed by atoms with Crippen LogP contribution in [0.1, 0.15) is 18.1 Å². The molecule has 1 unspecified atom stereocenters. The number of nitrogens with zero attached hydrogens (tertiary/aromatic N) is 2. The van der Waals surface area contributed by atoms with Gasteiger partial charge in [0.25, 0.3) is 0 Å². The molecule has 0 bridgehead atoms. The number of rotatable bonds is 2. The summed E-state index contributed by atoms with van der Waals surface area (Å²) >= 11 is 6.77. The summed E-state index contributed by atoms with van der Waals surface area (Å²) in [4.78, 5) is 7.10. The Morgan fingerprint density at radius 3 is 2.65 bits per heavy atom. The average molecular weight is 366 g/mol. The molecule has 2 aromatic carbocycles. The molecule has 0 radical (unpaired) electrons. The van der Waals surface area contributed by atoms with E-state index in [0.717, 1.165) is 41.1 Å². The molecule has 0 spiro atoms. The van der Waals surface area contributed by atoms with Crippen LogP contribution < -0.4 is 10.2 Å². The van der Waals surface area contributed by atoms with Crippen molar-refractivity contribution in [1.82, 2.24) is 10.3 Å². The topological polar surface area (TPSA) is 28.2 Å². The first kappa shape index (κ1) is 17.3. The summed E-state index contributed by atoms with van der Waals surface area (Å²) in [7, 11) is 0. The van der Waals surface area contributed by atoms with Crippen molar-refractivity contribution in [3.05, 3.63) is 58.7 Å². The Bertz CT molecular complexity index is 947. The van der Waals surface area contributed by atoms with E-state index < -0.39 is 0 Å². The summed E-state index contributed by atoms with van der Waals surface area (Å²) in [5.41, 5.74) is 6.96. The highest BCUT2D eigenvalue weighted by Crippen LogP contribution is 2.38. The van der Waals surface area contributed by atoms with E-state index in [1.807, 2.05) is 6.20 Å². The molecule has 0 aliphatic carbocycles. The SMILES string of the molecule is Cc1cccc(C)c1-c1cc2nccc(N3CCNCC3C)c2cc1Cl. The minimum absolute atomic E-state index is 0.450. The maximum Gasteiger partial charge on any atom is 0.0730 e. The first-order valence-corrected chi connectivity index (χ1v) is 9.56. The van der Waals surface area contributed by atoms with E-state index in [0.29, 0.717) is 6.04 Å². The van der Waals surface area contributed by atoms with Crippen molar-refractivity contribution in [2.75, 3.05) is 24.5 Å². The minimum Gasteiger partial charge on any atom is -0.366 e. The lowest BCUT2D eigenvalue weighted by molar-refractivity contribution is 0.502. The number of pyridine rings is 1. The fraction of sp³-hybridized carbons (Fsp3) is 0.318. The molecule has 3 aromatic rings. The number of hydrogen-bond donors (Lipinski definition) is 1. The van der Waals surface area contributed by atoms with Crippen LogP contribution in [0.15, 0.2) is 42.6 Å². The van der Waals surface area contributed by atoms with Crippen molar-refractivity contribution in [3.63, 3.8) is 0 Å². The molecule has 4 rings (SSSR count). The van der Waals surface area contributed by atoms with Crippen molar-refractivity contribution in [3.8, 4) is 11.1 Å². The standard InChI is InChI=1S/C22H24ClN3/c1-14-5-4-6-15(2)22(14)17-12-20-18(11-19(17)23)21(7-8-25-20)26-10-9-24-13-16(26)3/h4-8,11-12,16,24H,9-10,13H2,1-3H3. The third-order valence-electron chi connectivity index (χ3n) is 5.37. The molecule has 1 fully saturated rings. The molecule has 1 aromatic heterocycles. The maximum absolute atomic E-state index is 6.77. The lowest BCUT2D eigenvalue weighted by atomic mass is 9.94. The lowest BCUT2D eigenvalue weighted by Gasteiger charge is -2.36. The number of halogens is 1. The number of aromatic nitrogens is 1. The molecule has 3 nitrogen and oxygen atoms in total. The van der Waals surface area contributed by atoms with Crippen LogP contribution >= 0.6 is 11.6 Å². The highest BCUT2D eigenvalue weighted by molar-refractivity contribution is 6.34. The Hall–Kier alpha value is -2.10. The van der Waals surface area contributed by atoms with Gasteiger partial charge in [-0.2, -0.15) is 0 Å². The minimum atomic E-state index is 0.450. The molecule has 134 valence electrons. The second-order valence-corrected chi connectivity index (χ2v) is 7.60. The van der Waals surface area contributed by atoms with Crippen LogP contribution in [0.25, 0.3) is 22.0 Å². The Balaban J connectivity index is 1.89. The molecule has 0 amide bonds. The maximum atomic E-state index is 6.77. The molecule has 26 heavy (non-hydrogen) atoms. The van der Waals surface area contributed by atoms with Gasteiger partial charge in [0.05, 0.1) is 5.52 Å². The summed E-state index contributed by atoms with van der Waals surface area (Å²) in [5.74, 6) is 0. The zero-order chi connectivity index (χ0) is 18.3. The lowest BCUT2D eigenvalue weighted by Crippen LogP contribution is -2.50. The molecular weight excluding hydrogens is 342 g/mol. The number of anilines is 1. The van der Waals surface area contributed by atoms with Crippen molar-refractivity contribution in [1.29, 1.82) is 0 Å². The van der Waals surface area contributed by atoms with Crippen molar-refractivity contribution >= 4 is 28.2 Å². The van der Waals surface area contributed by atoms with Gasteiger partial charge in [-0.3, -0.25) is 4.98 Å². The second-order valence-electron chi connectivity index (χ2n) is 7.19. The van der Waals surface area contributed by atoms with Crippen molar-refractivity contribution < 1.29 is 0 Å². The van der Waals surface area contributed by atoms with E-state index in [4.69, 9.17) is 11.6 Å². The van der Waals surface area contributed by atoms with Crippen LogP contribution in [0, 0.1) is 13.8 Å². The predicted octanol–water partition coefficient (Wildman–Crippen LogP) is 4.97. The first-order valence-electron chi connectivity index (χ1n) is 9.18. The van der Waals surface area contributed by atoms with Gasteiger partial charge in [0.2, 0.25) is 0 Å². The molecule has 4 heteroatoms. The molecule has 1 N–H and O–H groups in total. The van der Waals surface area contributed by atoms with E-state index in [9.17, 15) is 0 Å². The highest BCUT2D eigenvalue weighted by atomic mass is 35.5. The van der Waals surface area contributed by atoms with Gasteiger partial charge in [0.15, 0.2) is 0 Å². The van der Waals surface area contributed by atoms with Crippen LogP contribution in [-0.4, -0.2) is 30.7 Å². The zero-order valence-corrected chi connectivity index (χ0v) is 16.3. The second kappa shape index (κ2) is 6.90. The fourth-order valence-electron chi connectivity index (χ4n) is 4.03. The monoisotopic (exact) mass is 365 g/mol. The van der Waals surface area contributed by atoms with Gasteiger partial charge in [0, 0.05) is 53.5 Å². The predicted molar refractivity (Wildman–Crippen MR) is 111 cm³/mol. The van der Waals surface area contributed by atoms with E-state index in [1.54, 1.807) is 0 Å². The zero-order valence-electron chi connectivity index (χ0n) is 15.5. The van der Waals surface area contributed by atoms with Gasteiger partial charge in [-0.1, -0.05) is 29.8 Å². The van der Waals surface area contributed by atoms with Gasteiger partial charge in [-0.25, -0.2) is 0 Å². The summed E-state index contributed by atoms with van der Waals surface area (Å²) in [6.07, 6.45) is 1.91. The summed E-state index contributed by atoms with van der Waals surface area (Å²) in [6.45, 7) is 9.52. The molecular formula is C22H24ClN3. The number of nitrogens with one attached hydrogen (secondary N) is 1. The van der Waals surface area contributed by atoms with Crippen LogP contribution in [0.2, 0.25) is 5.02 Å². The van der Waals surface area contributed by atoms with E-state index >= 15 is 0 Å². The van der Waals surface area contributed by atoms with Gasteiger partial charge < -0.3 is 10.2 Å². The Kier molecular flexibility index (Phi) is 4.60. The number of hydrogen-bond acceptors (Lipinski definition) is 3. The Labute approximate surface area is 160 Å². The van der Waals surface area contributed by atoms with Gasteiger partial charge in [-0.15, -0.1) is 0 Å². The van der Waals surface area contributed by atoms with Gasteiger partial charge in [0.1, 0.15) is 0 Å². The Morgan fingerprint density at radius 1 is 1.15 bits per heavy atom. The van der Waals surface area contributed by atoms with Crippen LogP contribution in [0.4, 0.5) is 5.69 Å². The van der Waals surface area contributed by atoms with Crippen LogP contribution in [0.5, 0.6) is 0 Å². The summed E-state index contributed by atoms with van der Waals surface area (Å²) in [6, 6.07) is 13.2. The molecule has 1 aliphatic rings. The number of benzene rings is 2. The first-order chi connectivity index (χ1) is 12.6. The van der Waals surface area contributed by atoms with Gasteiger partial charge in [-0.05, 0) is 55.7 Å². The molecule has 1 saturated heterocycles.